The van der Waals surface area contributed by atoms with Gasteiger partial charge in [-0.3, -0.25) is 0 Å². The van der Waals surface area contributed by atoms with Crippen molar-refractivity contribution in [2.24, 2.45) is 5.41 Å². The Hall–Kier alpha value is -0.470. The third-order valence-corrected chi connectivity index (χ3v) is 5.16. The molecule has 18 heavy (non-hydrogen) atoms. The van der Waals surface area contributed by atoms with Gasteiger partial charge in [0.1, 0.15) is 0 Å². The number of fused-ring (bicyclic) bond motifs is 1. The van der Waals surface area contributed by atoms with Crippen LogP contribution in [0.5, 0.6) is 0 Å². The van der Waals surface area contributed by atoms with Gasteiger partial charge in [0, 0.05) is 16.2 Å². The number of thioether (sulfide) groups is 1. The SMILES string of the molecule is CNC(C)CC(C)(C)CC1Cc2ccccc2S1. The average molecular weight is 263 g/mol. The molecular weight excluding hydrogens is 238 g/mol. The predicted octanol–water partition coefficient (Wildman–Crippen LogP) is 4.12. The quantitative estimate of drug-likeness (QED) is 0.857. The molecule has 2 rings (SSSR count). The first-order chi connectivity index (χ1) is 8.50. The zero-order chi connectivity index (χ0) is 13.2. The number of hydrogen-bond donors (Lipinski definition) is 1. The van der Waals surface area contributed by atoms with Crippen LogP contribution in [0, 0.1) is 5.41 Å². The third-order valence-electron chi connectivity index (χ3n) is 3.85. The van der Waals surface area contributed by atoms with Gasteiger partial charge in [0.2, 0.25) is 0 Å². The summed E-state index contributed by atoms with van der Waals surface area (Å²) >= 11 is 2.08. The smallest absolute Gasteiger partial charge is 0.0140 e. The highest BCUT2D eigenvalue weighted by molar-refractivity contribution is 8.00. The summed E-state index contributed by atoms with van der Waals surface area (Å²) in [5.74, 6) is 0. The van der Waals surface area contributed by atoms with Crippen molar-refractivity contribution < 1.29 is 0 Å². The highest BCUT2D eigenvalue weighted by Gasteiger charge is 2.29. The molecule has 1 aromatic rings. The van der Waals surface area contributed by atoms with Crippen LogP contribution >= 0.6 is 11.8 Å². The van der Waals surface area contributed by atoms with Crippen molar-refractivity contribution in [3.63, 3.8) is 0 Å². The minimum atomic E-state index is 0.419. The van der Waals surface area contributed by atoms with Gasteiger partial charge in [0.25, 0.3) is 0 Å². The molecule has 100 valence electrons. The van der Waals surface area contributed by atoms with Crippen LogP contribution < -0.4 is 5.32 Å². The Labute approximate surface area is 116 Å². The normalized spacial score (nSPS) is 20.8. The fourth-order valence-corrected chi connectivity index (χ4v) is 4.61. The van der Waals surface area contributed by atoms with E-state index in [-0.39, 0.29) is 0 Å². The minimum absolute atomic E-state index is 0.419. The van der Waals surface area contributed by atoms with Crippen LogP contribution in [0.25, 0.3) is 0 Å². The lowest BCUT2D eigenvalue weighted by atomic mass is 9.81. The Kier molecular flexibility index (Phi) is 4.39. The Morgan fingerprint density at radius 1 is 1.39 bits per heavy atom. The second-order valence-electron chi connectivity index (χ2n) is 6.31. The van der Waals surface area contributed by atoms with E-state index in [1.807, 2.05) is 0 Å². The number of hydrogen-bond acceptors (Lipinski definition) is 2. The molecule has 0 amide bonds. The molecule has 0 aromatic heterocycles. The maximum Gasteiger partial charge on any atom is 0.0140 e. The molecule has 0 saturated carbocycles. The van der Waals surface area contributed by atoms with Crippen molar-refractivity contribution >= 4 is 11.8 Å². The molecule has 1 aliphatic heterocycles. The molecule has 1 heterocycles. The van der Waals surface area contributed by atoms with E-state index < -0.39 is 0 Å². The lowest BCUT2D eigenvalue weighted by Gasteiger charge is -2.30. The van der Waals surface area contributed by atoms with E-state index in [1.165, 1.54) is 24.2 Å². The second kappa shape index (κ2) is 5.66. The summed E-state index contributed by atoms with van der Waals surface area (Å²) in [4.78, 5) is 1.50. The van der Waals surface area contributed by atoms with Crippen molar-refractivity contribution in [2.75, 3.05) is 7.05 Å². The standard InChI is InChI=1S/C16H25NS/c1-12(17-4)10-16(2,3)11-14-9-13-7-5-6-8-15(13)18-14/h5-8,12,14,17H,9-11H2,1-4H3. The summed E-state index contributed by atoms with van der Waals surface area (Å²) in [7, 11) is 2.06. The molecule has 1 aliphatic rings. The fraction of sp³-hybridized carbons (Fsp3) is 0.625. The molecule has 1 N–H and O–H groups in total. The molecule has 0 aliphatic carbocycles. The van der Waals surface area contributed by atoms with E-state index in [1.54, 1.807) is 5.56 Å². The monoisotopic (exact) mass is 263 g/mol. The van der Waals surface area contributed by atoms with Gasteiger partial charge in [0.15, 0.2) is 0 Å². The zero-order valence-corrected chi connectivity index (χ0v) is 12.8. The molecule has 2 heteroatoms. The van der Waals surface area contributed by atoms with Crippen molar-refractivity contribution in [3.8, 4) is 0 Å². The first-order valence-electron chi connectivity index (χ1n) is 6.92. The van der Waals surface area contributed by atoms with Gasteiger partial charge in [0.05, 0.1) is 0 Å². The van der Waals surface area contributed by atoms with Crippen LogP contribution in [-0.4, -0.2) is 18.3 Å². The van der Waals surface area contributed by atoms with Gasteiger partial charge in [-0.2, -0.15) is 0 Å². The Morgan fingerprint density at radius 3 is 2.78 bits per heavy atom. The van der Waals surface area contributed by atoms with Crippen LogP contribution in [-0.2, 0) is 6.42 Å². The maximum absolute atomic E-state index is 3.36. The van der Waals surface area contributed by atoms with Crippen LogP contribution in [0.4, 0.5) is 0 Å². The Morgan fingerprint density at radius 2 is 2.11 bits per heavy atom. The molecule has 0 radical (unpaired) electrons. The van der Waals surface area contributed by atoms with Crippen molar-refractivity contribution in [3.05, 3.63) is 29.8 Å². The Bertz CT molecular complexity index is 375. The van der Waals surface area contributed by atoms with Gasteiger partial charge in [-0.05, 0) is 50.3 Å². The van der Waals surface area contributed by atoms with Crippen LogP contribution in [0.3, 0.4) is 0 Å². The lowest BCUT2D eigenvalue weighted by Crippen LogP contribution is -2.30. The van der Waals surface area contributed by atoms with E-state index in [9.17, 15) is 0 Å². The molecule has 2 atom stereocenters. The summed E-state index contributed by atoms with van der Waals surface area (Å²) in [5, 5.41) is 4.12. The lowest BCUT2D eigenvalue weighted by molar-refractivity contribution is 0.271. The van der Waals surface area contributed by atoms with Crippen molar-refractivity contribution in [1.82, 2.24) is 5.32 Å². The molecule has 0 saturated heterocycles. The van der Waals surface area contributed by atoms with E-state index in [0.717, 1.165) is 5.25 Å². The topological polar surface area (TPSA) is 12.0 Å². The molecular formula is C16H25NS. The van der Waals surface area contributed by atoms with Gasteiger partial charge in [-0.1, -0.05) is 32.0 Å². The molecule has 0 fully saturated rings. The number of benzene rings is 1. The van der Waals surface area contributed by atoms with Crippen LogP contribution in [0.15, 0.2) is 29.2 Å². The first-order valence-corrected chi connectivity index (χ1v) is 7.80. The van der Waals surface area contributed by atoms with Crippen molar-refractivity contribution in [2.45, 2.75) is 56.2 Å². The Balaban J connectivity index is 1.92. The van der Waals surface area contributed by atoms with E-state index >= 15 is 0 Å². The molecule has 1 aromatic carbocycles. The van der Waals surface area contributed by atoms with Gasteiger partial charge >= 0.3 is 0 Å². The van der Waals surface area contributed by atoms with E-state index in [0.29, 0.717) is 11.5 Å². The summed E-state index contributed by atoms with van der Waals surface area (Å²) in [6.07, 6.45) is 3.80. The van der Waals surface area contributed by atoms with Crippen molar-refractivity contribution in [1.29, 1.82) is 0 Å². The summed E-state index contributed by atoms with van der Waals surface area (Å²) < 4.78 is 0. The summed E-state index contributed by atoms with van der Waals surface area (Å²) in [6, 6.07) is 9.47. The zero-order valence-electron chi connectivity index (χ0n) is 12.0. The third kappa shape index (κ3) is 3.52. The van der Waals surface area contributed by atoms with Gasteiger partial charge in [-0.15, -0.1) is 11.8 Å². The molecule has 0 spiro atoms. The molecule has 0 bridgehead atoms. The molecule has 1 nitrogen and oxygen atoms in total. The first kappa shape index (κ1) is 14.0. The summed E-state index contributed by atoms with van der Waals surface area (Å²) in [5.41, 5.74) is 1.97. The largest absolute Gasteiger partial charge is 0.317 e. The van der Waals surface area contributed by atoms with Crippen LogP contribution in [0.2, 0.25) is 0 Å². The van der Waals surface area contributed by atoms with Crippen LogP contribution in [0.1, 0.15) is 39.2 Å². The average Bonchev–Trinajstić information content (AvgIpc) is 2.68. The van der Waals surface area contributed by atoms with Gasteiger partial charge in [-0.25, -0.2) is 0 Å². The predicted molar refractivity (Wildman–Crippen MR) is 81.3 cm³/mol. The highest BCUT2D eigenvalue weighted by atomic mass is 32.2. The maximum atomic E-state index is 3.36. The van der Waals surface area contributed by atoms with E-state index in [2.05, 4.69) is 69.2 Å². The van der Waals surface area contributed by atoms with Gasteiger partial charge < -0.3 is 5.32 Å². The number of nitrogens with one attached hydrogen (secondary N) is 1. The number of rotatable bonds is 5. The molecule has 2 unspecified atom stereocenters. The summed E-state index contributed by atoms with van der Waals surface area (Å²) in [6.45, 7) is 7.09. The van der Waals surface area contributed by atoms with E-state index in [4.69, 9.17) is 0 Å². The highest BCUT2D eigenvalue weighted by Crippen LogP contribution is 2.43. The fourth-order valence-electron chi connectivity index (χ4n) is 3.00. The second-order valence-corrected chi connectivity index (χ2v) is 7.66. The minimum Gasteiger partial charge on any atom is -0.317 e.